The van der Waals surface area contributed by atoms with Gasteiger partial charge in [0.1, 0.15) is 12.0 Å². The predicted molar refractivity (Wildman–Crippen MR) is 84.3 cm³/mol. The molecule has 1 unspecified atom stereocenters. The monoisotopic (exact) mass is 293 g/mol. The Labute approximate surface area is 128 Å². The van der Waals surface area contributed by atoms with E-state index in [2.05, 4.69) is 16.4 Å². The van der Waals surface area contributed by atoms with Crippen LogP contribution < -0.4 is 10.1 Å². The van der Waals surface area contributed by atoms with Crippen LogP contribution in [0.3, 0.4) is 0 Å². The molecule has 0 radical (unpaired) electrons. The Morgan fingerprint density at radius 3 is 2.95 bits per heavy atom. The third-order valence-electron chi connectivity index (χ3n) is 3.49. The SMILES string of the molecule is COc1ccc2c(c1)NC(O)CN=C2c1cccc(C#N)c1. The van der Waals surface area contributed by atoms with Crippen LogP contribution in [0, 0.1) is 11.3 Å². The summed E-state index contributed by atoms with van der Waals surface area (Å²) < 4.78 is 5.23. The lowest BCUT2D eigenvalue weighted by atomic mass is 9.99. The average Bonchev–Trinajstić information content (AvgIpc) is 2.72. The fourth-order valence-electron chi connectivity index (χ4n) is 2.45. The Balaban J connectivity index is 2.14. The van der Waals surface area contributed by atoms with Crippen molar-refractivity contribution in [3.05, 3.63) is 59.2 Å². The number of nitriles is 1. The van der Waals surface area contributed by atoms with Gasteiger partial charge in [-0.25, -0.2) is 0 Å². The maximum absolute atomic E-state index is 9.95. The number of hydrogen-bond donors (Lipinski definition) is 2. The van der Waals surface area contributed by atoms with Gasteiger partial charge in [0, 0.05) is 22.9 Å². The third-order valence-corrected chi connectivity index (χ3v) is 3.49. The lowest BCUT2D eigenvalue weighted by Gasteiger charge is -2.14. The Morgan fingerprint density at radius 2 is 2.18 bits per heavy atom. The van der Waals surface area contributed by atoms with Gasteiger partial charge in [0.15, 0.2) is 0 Å². The third kappa shape index (κ3) is 2.65. The first-order chi connectivity index (χ1) is 10.7. The normalized spacial score (nSPS) is 16.6. The van der Waals surface area contributed by atoms with E-state index in [0.29, 0.717) is 11.3 Å². The summed E-state index contributed by atoms with van der Waals surface area (Å²) in [6, 6.07) is 15.0. The second-order valence-electron chi connectivity index (χ2n) is 4.95. The summed E-state index contributed by atoms with van der Waals surface area (Å²) >= 11 is 0. The van der Waals surface area contributed by atoms with Crippen LogP contribution in [-0.4, -0.2) is 30.7 Å². The number of nitrogens with zero attached hydrogens (tertiary/aromatic N) is 2. The molecule has 3 rings (SSSR count). The van der Waals surface area contributed by atoms with Gasteiger partial charge in [-0.2, -0.15) is 5.26 Å². The summed E-state index contributed by atoms with van der Waals surface area (Å²) in [5, 5.41) is 22.0. The zero-order valence-corrected chi connectivity index (χ0v) is 12.1. The van der Waals surface area contributed by atoms with Crippen LogP contribution in [0.25, 0.3) is 0 Å². The van der Waals surface area contributed by atoms with Gasteiger partial charge in [-0.05, 0) is 24.3 Å². The van der Waals surface area contributed by atoms with E-state index in [4.69, 9.17) is 10.00 Å². The standard InChI is InChI=1S/C17H15N3O2/c1-22-13-5-6-14-15(8-13)20-16(21)10-19-17(14)12-4-2-3-11(7-12)9-18/h2-8,16,20-21H,10H2,1H3. The van der Waals surface area contributed by atoms with Gasteiger partial charge in [-0.1, -0.05) is 12.1 Å². The summed E-state index contributed by atoms with van der Waals surface area (Å²) in [5.74, 6) is 0.700. The number of ether oxygens (including phenoxy) is 1. The van der Waals surface area contributed by atoms with E-state index in [-0.39, 0.29) is 6.54 Å². The second kappa shape index (κ2) is 5.88. The first kappa shape index (κ1) is 14.1. The van der Waals surface area contributed by atoms with E-state index in [9.17, 15) is 5.11 Å². The van der Waals surface area contributed by atoms with E-state index in [1.165, 1.54) is 0 Å². The van der Waals surface area contributed by atoms with Gasteiger partial charge in [-0.3, -0.25) is 4.99 Å². The van der Waals surface area contributed by atoms with Crippen molar-refractivity contribution in [1.29, 1.82) is 5.26 Å². The van der Waals surface area contributed by atoms with Crippen LogP contribution in [0.2, 0.25) is 0 Å². The largest absolute Gasteiger partial charge is 0.497 e. The number of aliphatic imine (C=N–C) groups is 1. The maximum Gasteiger partial charge on any atom is 0.144 e. The van der Waals surface area contributed by atoms with Crippen LogP contribution in [-0.2, 0) is 0 Å². The Hall–Kier alpha value is -2.84. The molecule has 0 spiro atoms. The molecule has 0 bridgehead atoms. The van der Waals surface area contributed by atoms with Crippen molar-refractivity contribution in [2.45, 2.75) is 6.23 Å². The Kier molecular flexibility index (Phi) is 3.77. The molecule has 0 saturated heterocycles. The van der Waals surface area contributed by atoms with Gasteiger partial charge in [0.05, 0.1) is 31.0 Å². The molecular formula is C17H15N3O2. The molecule has 2 aromatic carbocycles. The molecule has 0 fully saturated rings. The summed E-state index contributed by atoms with van der Waals surface area (Å²) in [4.78, 5) is 4.50. The molecule has 2 N–H and O–H groups in total. The number of benzene rings is 2. The van der Waals surface area contributed by atoms with Crippen molar-refractivity contribution in [1.82, 2.24) is 0 Å². The van der Waals surface area contributed by atoms with Crippen molar-refractivity contribution in [2.75, 3.05) is 19.0 Å². The highest BCUT2D eigenvalue weighted by molar-refractivity contribution is 6.16. The minimum absolute atomic E-state index is 0.239. The highest BCUT2D eigenvalue weighted by Crippen LogP contribution is 2.28. The number of aliphatic hydroxyl groups is 1. The minimum Gasteiger partial charge on any atom is -0.497 e. The van der Waals surface area contributed by atoms with Crippen molar-refractivity contribution in [2.24, 2.45) is 4.99 Å². The number of rotatable bonds is 2. The zero-order valence-electron chi connectivity index (χ0n) is 12.1. The number of methoxy groups -OCH3 is 1. The highest BCUT2D eigenvalue weighted by Gasteiger charge is 2.19. The van der Waals surface area contributed by atoms with E-state index in [0.717, 1.165) is 22.5 Å². The van der Waals surface area contributed by atoms with Crippen molar-refractivity contribution in [3.8, 4) is 11.8 Å². The molecule has 0 amide bonds. The summed E-state index contributed by atoms with van der Waals surface area (Å²) in [5.41, 5.74) is 3.80. The fourth-order valence-corrected chi connectivity index (χ4v) is 2.45. The van der Waals surface area contributed by atoms with E-state index in [1.807, 2.05) is 30.3 Å². The molecule has 5 nitrogen and oxygen atoms in total. The Bertz CT molecular complexity index is 778. The van der Waals surface area contributed by atoms with E-state index in [1.54, 1.807) is 19.2 Å². The molecule has 1 atom stereocenters. The van der Waals surface area contributed by atoms with Gasteiger partial charge in [0.2, 0.25) is 0 Å². The molecule has 1 heterocycles. The molecule has 1 aliphatic rings. The van der Waals surface area contributed by atoms with Crippen molar-refractivity contribution >= 4 is 11.4 Å². The predicted octanol–water partition coefficient (Wildman–Crippen LogP) is 2.15. The lowest BCUT2D eigenvalue weighted by molar-refractivity contribution is 0.213. The number of benzodiazepines with no additional fused rings is 1. The van der Waals surface area contributed by atoms with Crippen molar-refractivity contribution < 1.29 is 9.84 Å². The van der Waals surface area contributed by atoms with Crippen LogP contribution in [0.4, 0.5) is 5.69 Å². The highest BCUT2D eigenvalue weighted by atomic mass is 16.5. The molecule has 2 aromatic rings. The quantitative estimate of drug-likeness (QED) is 0.889. The second-order valence-corrected chi connectivity index (χ2v) is 4.95. The maximum atomic E-state index is 9.95. The first-order valence-corrected chi connectivity index (χ1v) is 6.89. The number of hydrogen-bond acceptors (Lipinski definition) is 5. The molecular weight excluding hydrogens is 278 g/mol. The van der Waals surface area contributed by atoms with Gasteiger partial charge >= 0.3 is 0 Å². The molecule has 0 saturated carbocycles. The molecule has 0 aliphatic carbocycles. The molecule has 0 aromatic heterocycles. The topological polar surface area (TPSA) is 77.6 Å². The molecule has 22 heavy (non-hydrogen) atoms. The van der Waals surface area contributed by atoms with E-state index >= 15 is 0 Å². The zero-order chi connectivity index (χ0) is 15.5. The number of aliphatic hydroxyl groups excluding tert-OH is 1. The van der Waals surface area contributed by atoms with Crippen LogP contribution in [0.1, 0.15) is 16.7 Å². The minimum atomic E-state index is -0.762. The molecule has 1 aliphatic heterocycles. The van der Waals surface area contributed by atoms with Gasteiger partial charge < -0.3 is 15.2 Å². The van der Waals surface area contributed by atoms with Crippen molar-refractivity contribution in [3.63, 3.8) is 0 Å². The number of fused-ring (bicyclic) bond motifs is 1. The number of nitrogens with one attached hydrogen (secondary N) is 1. The first-order valence-electron chi connectivity index (χ1n) is 6.89. The number of anilines is 1. The Morgan fingerprint density at radius 1 is 1.32 bits per heavy atom. The molecule has 5 heteroatoms. The molecule has 110 valence electrons. The fraction of sp³-hybridized carbons (Fsp3) is 0.176. The van der Waals surface area contributed by atoms with Crippen LogP contribution in [0.15, 0.2) is 47.5 Å². The summed E-state index contributed by atoms with van der Waals surface area (Å²) in [7, 11) is 1.60. The van der Waals surface area contributed by atoms with Gasteiger partial charge in [0.25, 0.3) is 0 Å². The average molecular weight is 293 g/mol. The van der Waals surface area contributed by atoms with Gasteiger partial charge in [-0.15, -0.1) is 0 Å². The summed E-state index contributed by atoms with van der Waals surface area (Å²) in [6.07, 6.45) is -0.762. The lowest BCUT2D eigenvalue weighted by Crippen LogP contribution is -2.20. The summed E-state index contributed by atoms with van der Waals surface area (Å²) in [6.45, 7) is 0.239. The van der Waals surface area contributed by atoms with E-state index < -0.39 is 6.23 Å². The van der Waals surface area contributed by atoms with Crippen LogP contribution in [0.5, 0.6) is 5.75 Å². The van der Waals surface area contributed by atoms with Crippen LogP contribution >= 0.6 is 0 Å². The smallest absolute Gasteiger partial charge is 0.144 e.